The van der Waals surface area contributed by atoms with Gasteiger partial charge in [-0.2, -0.15) is 0 Å². The van der Waals surface area contributed by atoms with E-state index < -0.39 is 0 Å². The maximum absolute atomic E-state index is 12.6. The van der Waals surface area contributed by atoms with E-state index in [1.165, 1.54) is 0 Å². The van der Waals surface area contributed by atoms with E-state index in [2.05, 4.69) is 64.2 Å². The highest BCUT2D eigenvalue weighted by molar-refractivity contribution is 6.04. The van der Waals surface area contributed by atoms with E-state index in [9.17, 15) is 4.79 Å². The monoisotopic (exact) mass is 479 g/mol. The van der Waals surface area contributed by atoms with E-state index in [4.69, 9.17) is 5.73 Å². The van der Waals surface area contributed by atoms with Gasteiger partial charge >= 0.3 is 0 Å². The van der Waals surface area contributed by atoms with Crippen LogP contribution in [-0.4, -0.2) is 77.9 Å². The molecule has 8 nitrogen and oxygen atoms in total. The van der Waals surface area contributed by atoms with Crippen molar-refractivity contribution in [1.29, 1.82) is 0 Å². The Labute approximate surface area is 210 Å². The highest BCUT2D eigenvalue weighted by Gasteiger charge is 2.16. The number of pyridine rings is 1. The number of nitrogens with two attached hydrogens (primary N) is 1. The predicted molar refractivity (Wildman–Crippen MR) is 144 cm³/mol. The fraction of sp³-hybridized carbons (Fsp3) is 0.481. The van der Waals surface area contributed by atoms with Crippen LogP contribution in [-0.2, 0) is 6.54 Å². The fourth-order valence-electron chi connectivity index (χ4n) is 4.16. The fourth-order valence-corrected chi connectivity index (χ4v) is 4.16. The summed E-state index contributed by atoms with van der Waals surface area (Å²) in [6.07, 6.45) is 5.02. The number of anilines is 2. The van der Waals surface area contributed by atoms with E-state index in [0.717, 1.165) is 63.6 Å². The Hall–Kier alpha value is -3.10. The topological polar surface area (TPSA) is 89.8 Å². The minimum Gasteiger partial charge on any atom is -0.397 e. The molecule has 2 aromatic rings. The molecule has 0 unspecified atom stereocenters. The highest BCUT2D eigenvalue weighted by atomic mass is 16.1. The molecule has 4 N–H and O–H groups in total. The Morgan fingerprint density at radius 2 is 1.91 bits per heavy atom. The second-order valence-electron chi connectivity index (χ2n) is 9.49. The summed E-state index contributed by atoms with van der Waals surface area (Å²) >= 11 is 0. The van der Waals surface area contributed by atoms with Gasteiger partial charge in [-0.25, -0.2) is 0 Å². The van der Waals surface area contributed by atoms with Crippen LogP contribution in [0.3, 0.4) is 0 Å². The first kappa shape index (κ1) is 26.5. The molecule has 1 amide bonds. The molecule has 0 spiro atoms. The number of carbonyl (C=O) groups is 1. The molecule has 1 aliphatic rings. The Morgan fingerprint density at radius 1 is 1.17 bits per heavy atom. The molecule has 1 aromatic heterocycles. The van der Waals surface area contributed by atoms with Gasteiger partial charge < -0.3 is 31.1 Å². The molecular weight excluding hydrogens is 438 g/mol. The molecule has 0 radical (unpaired) electrons. The van der Waals surface area contributed by atoms with E-state index in [1.807, 2.05) is 18.2 Å². The number of allylic oxidation sites excluding steroid dienone is 1. The maximum Gasteiger partial charge on any atom is 0.274 e. The number of aromatic nitrogens is 1. The smallest absolute Gasteiger partial charge is 0.274 e. The number of benzene rings is 1. The third-order valence-corrected chi connectivity index (χ3v) is 6.19. The molecule has 1 aliphatic heterocycles. The summed E-state index contributed by atoms with van der Waals surface area (Å²) < 4.78 is 0. The van der Waals surface area contributed by atoms with Gasteiger partial charge in [0.05, 0.1) is 17.2 Å². The summed E-state index contributed by atoms with van der Waals surface area (Å²) in [5.74, 6) is 0.855. The lowest BCUT2D eigenvalue weighted by atomic mass is 10.2. The second kappa shape index (κ2) is 13.1. The molecule has 1 saturated heterocycles. The average Bonchev–Trinajstić information content (AvgIpc) is 2.85. The first-order chi connectivity index (χ1) is 16.9. The Morgan fingerprint density at radius 3 is 2.54 bits per heavy atom. The number of hydrogen-bond acceptors (Lipinski definition) is 7. The summed E-state index contributed by atoms with van der Waals surface area (Å²) in [7, 11) is 2.19. The number of rotatable bonds is 11. The van der Waals surface area contributed by atoms with Gasteiger partial charge in [-0.1, -0.05) is 18.2 Å². The molecule has 0 aliphatic carbocycles. The standard InChI is InChI=1S/C27H41N7O/c1-5-26(30-21(2)3)34(14-8-13-33-17-15-32(4)16-18-33)20-22-11-12-25(29-19-22)27(35)31-24-10-7-6-9-23(24)28/h5-7,9-12,19,21,30H,8,13-18,20,28H2,1-4H3,(H,31,35)/b26-5-. The summed E-state index contributed by atoms with van der Waals surface area (Å²) in [6.45, 7) is 13.7. The van der Waals surface area contributed by atoms with Crippen molar-refractivity contribution in [2.45, 2.75) is 39.8 Å². The van der Waals surface area contributed by atoms with Crippen molar-refractivity contribution in [1.82, 2.24) is 25.0 Å². The van der Waals surface area contributed by atoms with Crippen molar-refractivity contribution in [3.05, 3.63) is 65.7 Å². The number of hydrogen-bond donors (Lipinski definition) is 3. The Bertz CT molecular complexity index is 966. The summed E-state index contributed by atoms with van der Waals surface area (Å²) in [5.41, 5.74) is 8.48. The van der Waals surface area contributed by atoms with Crippen LogP contribution < -0.4 is 16.4 Å². The molecule has 3 rings (SSSR count). The molecular formula is C27H41N7O. The van der Waals surface area contributed by atoms with Crippen LogP contribution in [0, 0.1) is 0 Å². The third kappa shape index (κ3) is 8.26. The molecule has 35 heavy (non-hydrogen) atoms. The van der Waals surface area contributed by atoms with Gasteiger partial charge in [-0.3, -0.25) is 9.78 Å². The van der Waals surface area contributed by atoms with Gasteiger partial charge in [0.25, 0.3) is 5.91 Å². The van der Waals surface area contributed by atoms with Crippen LogP contribution in [0.5, 0.6) is 0 Å². The van der Waals surface area contributed by atoms with Crippen molar-refractivity contribution >= 4 is 17.3 Å². The summed E-state index contributed by atoms with van der Waals surface area (Å²) in [4.78, 5) is 24.4. The Kier molecular flexibility index (Phi) is 9.93. The third-order valence-electron chi connectivity index (χ3n) is 6.19. The average molecular weight is 480 g/mol. The molecule has 190 valence electrons. The van der Waals surface area contributed by atoms with Crippen molar-refractivity contribution in [2.75, 3.05) is 57.4 Å². The van der Waals surface area contributed by atoms with Crippen molar-refractivity contribution in [3.8, 4) is 0 Å². The summed E-state index contributed by atoms with van der Waals surface area (Å²) in [6, 6.07) is 11.3. The molecule has 1 aromatic carbocycles. The second-order valence-corrected chi connectivity index (χ2v) is 9.49. The Balaban J connectivity index is 1.62. The van der Waals surface area contributed by atoms with E-state index in [-0.39, 0.29) is 5.91 Å². The van der Waals surface area contributed by atoms with Crippen LogP contribution in [0.1, 0.15) is 43.2 Å². The lowest BCUT2D eigenvalue weighted by Crippen LogP contribution is -2.45. The summed E-state index contributed by atoms with van der Waals surface area (Å²) in [5, 5.41) is 6.41. The number of piperazine rings is 1. The van der Waals surface area contributed by atoms with E-state index >= 15 is 0 Å². The number of amides is 1. The number of likely N-dealkylation sites (N-methyl/N-ethyl adjacent to an activating group) is 1. The zero-order valence-electron chi connectivity index (χ0n) is 21.6. The van der Waals surface area contributed by atoms with E-state index in [1.54, 1.807) is 24.4 Å². The molecule has 0 bridgehead atoms. The largest absolute Gasteiger partial charge is 0.397 e. The zero-order chi connectivity index (χ0) is 25.2. The quantitative estimate of drug-likeness (QED) is 0.427. The maximum atomic E-state index is 12.6. The molecule has 8 heteroatoms. The van der Waals surface area contributed by atoms with Crippen molar-refractivity contribution < 1.29 is 4.79 Å². The number of nitrogens with one attached hydrogen (secondary N) is 2. The number of nitrogen functional groups attached to an aromatic ring is 1. The minimum absolute atomic E-state index is 0.269. The highest BCUT2D eigenvalue weighted by Crippen LogP contribution is 2.18. The lowest BCUT2D eigenvalue weighted by molar-refractivity contribution is 0.102. The number of nitrogens with zero attached hydrogens (tertiary/aromatic N) is 4. The first-order valence-corrected chi connectivity index (χ1v) is 12.5. The first-order valence-electron chi connectivity index (χ1n) is 12.5. The zero-order valence-corrected chi connectivity index (χ0v) is 21.6. The van der Waals surface area contributed by atoms with Crippen LogP contribution in [0.15, 0.2) is 54.5 Å². The normalized spacial score (nSPS) is 15.3. The van der Waals surface area contributed by atoms with Gasteiger partial charge in [0, 0.05) is 51.5 Å². The molecule has 0 atom stereocenters. The SMILES string of the molecule is C/C=C(/NC(C)C)N(CCCN1CCN(C)CC1)Cc1ccc(C(=O)Nc2ccccc2N)nc1. The van der Waals surface area contributed by atoms with Crippen molar-refractivity contribution in [2.24, 2.45) is 0 Å². The van der Waals surface area contributed by atoms with Gasteiger partial charge in [-0.15, -0.1) is 0 Å². The molecule has 1 fully saturated rings. The predicted octanol–water partition coefficient (Wildman–Crippen LogP) is 3.21. The van der Waals surface area contributed by atoms with Gasteiger partial charge in [-0.05, 0) is 70.6 Å². The van der Waals surface area contributed by atoms with Crippen LogP contribution >= 0.6 is 0 Å². The lowest BCUT2D eigenvalue weighted by Gasteiger charge is -2.34. The molecule has 2 heterocycles. The number of carbonyl (C=O) groups excluding carboxylic acids is 1. The minimum atomic E-state index is -0.269. The van der Waals surface area contributed by atoms with Gasteiger partial charge in [0.15, 0.2) is 0 Å². The van der Waals surface area contributed by atoms with Gasteiger partial charge in [0.2, 0.25) is 0 Å². The van der Waals surface area contributed by atoms with Crippen LogP contribution in [0.25, 0.3) is 0 Å². The number of para-hydroxylation sites is 2. The van der Waals surface area contributed by atoms with Gasteiger partial charge in [0.1, 0.15) is 5.69 Å². The van der Waals surface area contributed by atoms with E-state index in [0.29, 0.717) is 23.1 Å². The molecule has 0 saturated carbocycles. The van der Waals surface area contributed by atoms with Crippen LogP contribution in [0.2, 0.25) is 0 Å². The van der Waals surface area contributed by atoms with Crippen LogP contribution in [0.4, 0.5) is 11.4 Å². The van der Waals surface area contributed by atoms with Crippen molar-refractivity contribution in [3.63, 3.8) is 0 Å².